The Balaban J connectivity index is 0. The van der Waals surface area contributed by atoms with E-state index in [2.05, 4.69) is 4.90 Å². The van der Waals surface area contributed by atoms with E-state index >= 15 is 0 Å². The average Bonchev–Trinajstić information content (AvgIpc) is 2.23. The van der Waals surface area contributed by atoms with Gasteiger partial charge < -0.3 is 15.0 Å². The minimum atomic E-state index is 0. The zero-order chi connectivity index (χ0) is 9.97. The van der Waals surface area contributed by atoms with Crippen molar-refractivity contribution in [3.05, 3.63) is 24.3 Å². The second kappa shape index (κ2) is 8.66. The van der Waals surface area contributed by atoms with Crippen molar-refractivity contribution in [1.82, 2.24) is 0 Å². The number of fused-ring (bicyclic) bond motifs is 1. The van der Waals surface area contributed by atoms with Gasteiger partial charge in [0, 0.05) is 13.1 Å². The van der Waals surface area contributed by atoms with Crippen LogP contribution >= 0.6 is 37.2 Å². The van der Waals surface area contributed by atoms with E-state index < -0.39 is 0 Å². The van der Waals surface area contributed by atoms with Crippen LogP contribution in [0.5, 0.6) is 0 Å². The number of rotatable bonds is 2. The highest BCUT2D eigenvalue weighted by atomic mass is 35.5. The first-order valence-electron chi connectivity index (χ1n) is 4.80. The number of hydrogen-bond acceptors (Lipinski definition) is 4. The average molecular weight is 303 g/mol. The molecule has 1 aromatic rings. The predicted molar refractivity (Wildman–Crippen MR) is 79.0 cm³/mol. The van der Waals surface area contributed by atoms with Crippen molar-refractivity contribution in [2.75, 3.05) is 36.1 Å². The molecule has 0 fully saturated rings. The first-order valence-corrected chi connectivity index (χ1v) is 4.80. The molecule has 0 aliphatic carbocycles. The summed E-state index contributed by atoms with van der Waals surface area (Å²) in [6.07, 6.45) is 0. The summed E-state index contributed by atoms with van der Waals surface area (Å²) in [5.74, 6) is 5.85. The summed E-state index contributed by atoms with van der Waals surface area (Å²) in [6, 6.07) is 7.99. The van der Waals surface area contributed by atoms with Gasteiger partial charge in [-0.15, -0.1) is 37.2 Å². The third-order valence-electron chi connectivity index (χ3n) is 2.51. The van der Waals surface area contributed by atoms with Crippen molar-refractivity contribution >= 4 is 48.6 Å². The molecule has 2 rings (SSSR count). The largest absolute Gasteiger partial charge is 0.395 e. The van der Waals surface area contributed by atoms with Crippen LogP contribution in [0, 0.1) is 0 Å². The van der Waals surface area contributed by atoms with Crippen LogP contribution in [0.1, 0.15) is 0 Å². The van der Waals surface area contributed by atoms with Crippen molar-refractivity contribution in [2.24, 2.45) is 5.84 Å². The van der Waals surface area contributed by atoms with Crippen molar-refractivity contribution < 1.29 is 5.11 Å². The van der Waals surface area contributed by atoms with Crippen molar-refractivity contribution in [1.29, 1.82) is 0 Å². The number of β-amino-alcohol motifs (C(OH)–C–C–N with tert-alkyl or cyclic N) is 1. The van der Waals surface area contributed by atoms with Crippen molar-refractivity contribution in [2.45, 2.75) is 0 Å². The lowest BCUT2D eigenvalue weighted by Crippen LogP contribution is -2.45. The van der Waals surface area contributed by atoms with Crippen LogP contribution in [0.4, 0.5) is 11.4 Å². The maximum Gasteiger partial charge on any atom is 0.0751 e. The van der Waals surface area contributed by atoms with E-state index in [-0.39, 0.29) is 43.8 Å². The molecule has 1 heterocycles. The van der Waals surface area contributed by atoms with Gasteiger partial charge in [0.2, 0.25) is 0 Å². The highest BCUT2D eigenvalue weighted by Crippen LogP contribution is 2.30. The molecule has 0 saturated carbocycles. The monoisotopic (exact) mass is 301 g/mol. The topological polar surface area (TPSA) is 52.7 Å². The minimum absolute atomic E-state index is 0. The molecule has 100 valence electrons. The molecule has 4 nitrogen and oxygen atoms in total. The molecule has 17 heavy (non-hydrogen) atoms. The summed E-state index contributed by atoms with van der Waals surface area (Å²) in [7, 11) is 0. The second-order valence-electron chi connectivity index (χ2n) is 3.39. The fraction of sp³-hybridized carbons (Fsp3) is 0.400. The quantitative estimate of drug-likeness (QED) is 0.812. The number of hydrogen-bond donors (Lipinski definition) is 2. The summed E-state index contributed by atoms with van der Waals surface area (Å²) in [4.78, 5) is 2.15. The maximum atomic E-state index is 8.92. The molecule has 0 saturated heterocycles. The molecule has 1 aliphatic rings. The lowest BCUT2D eigenvalue weighted by atomic mass is 10.2. The van der Waals surface area contributed by atoms with E-state index in [0.717, 1.165) is 24.5 Å². The van der Waals surface area contributed by atoms with Gasteiger partial charge in [0.1, 0.15) is 0 Å². The molecule has 0 atom stereocenters. The van der Waals surface area contributed by atoms with Crippen molar-refractivity contribution in [3.8, 4) is 0 Å². The van der Waals surface area contributed by atoms with Gasteiger partial charge in [0.25, 0.3) is 0 Å². The Morgan fingerprint density at radius 1 is 1.06 bits per heavy atom. The lowest BCUT2D eigenvalue weighted by Gasteiger charge is -2.36. The van der Waals surface area contributed by atoms with Gasteiger partial charge in [-0.3, -0.25) is 0 Å². The van der Waals surface area contributed by atoms with E-state index in [1.165, 1.54) is 0 Å². The van der Waals surface area contributed by atoms with Crippen LogP contribution in [-0.4, -0.2) is 31.3 Å². The Morgan fingerprint density at radius 3 is 2.24 bits per heavy atom. The molecule has 0 spiro atoms. The van der Waals surface area contributed by atoms with Gasteiger partial charge in [0.05, 0.1) is 24.5 Å². The van der Waals surface area contributed by atoms with Gasteiger partial charge in [-0.1, -0.05) is 12.1 Å². The van der Waals surface area contributed by atoms with Gasteiger partial charge in [-0.2, -0.15) is 0 Å². The normalized spacial score (nSPS) is 12.8. The van der Waals surface area contributed by atoms with E-state index in [4.69, 9.17) is 10.9 Å². The molecule has 7 heteroatoms. The number of hydrazine groups is 1. The zero-order valence-electron chi connectivity index (χ0n) is 9.28. The van der Waals surface area contributed by atoms with Crippen LogP contribution in [-0.2, 0) is 0 Å². The third kappa shape index (κ3) is 4.08. The lowest BCUT2D eigenvalue weighted by molar-refractivity contribution is 0.301. The molecule has 3 N–H and O–H groups in total. The number of anilines is 2. The summed E-state index contributed by atoms with van der Waals surface area (Å²) in [6.45, 7) is 2.52. The maximum absolute atomic E-state index is 8.92. The SMILES string of the molecule is Cl.Cl.Cl.NN1CCN(CCO)c2ccccc21. The number of para-hydroxylation sites is 2. The van der Waals surface area contributed by atoms with E-state index in [9.17, 15) is 0 Å². The number of nitrogens with two attached hydrogens (primary N) is 1. The first-order chi connectivity index (χ1) is 6.83. The Hall–Kier alpha value is -0.390. The van der Waals surface area contributed by atoms with Crippen LogP contribution in [0.2, 0.25) is 0 Å². The van der Waals surface area contributed by atoms with Gasteiger partial charge in [-0.25, -0.2) is 5.84 Å². The molecule has 0 aromatic heterocycles. The van der Waals surface area contributed by atoms with Crippen molar-refractivity contribution in [3.63, 3.8) is 0 Å². The fourth-order valence-corrected chi connectivity index (χ4v) is 1.80. The molecule has 1 aliphatic heterocycles. The number of aliphatic hydroxyl groups excluding tert-OH is 1. The standard InChI is InChI=1S/C10H15N3O.3ClH/c11-13-6-5-12(7-8-14)9-3-1-2-4-10(9)13;;;/h1-4,14H,5-8,11H2;3*1H. The van der Waals surface area contributed by atoms with Crippen LogP contribution in [0.25, 0.3) is 0 Å². The smallest absolute Gasteiger partial charge is 0.0751 e. The molecule has 0 radical (unpaired) electrons. The van der Waals surface area contributed by atoms with E-state index in [1.54, 1.807) is 5.01 Å². The molecule has 0 unspecified atom stereocenters. The highest BCUT2D eigenvalue weighted by molar-refractivity contribution is 5.86. The molecule has 0 bridgehead atoms. The van der Waals surface area contributed by atoms with Crippen LogP contribution in [0.15, 0.2) is 24.3 Å². The Labute approximate surface area is 120 Å². The molecular weight excluding hydrogens is 284 g/mol. The Kier molecular flexibility index (Phi) is 9.66. The Morgan fingerprint density at radius 2 is 1.65 bits per heavy atom. The summed E-state index contributed by atoms with van der Waals surface area (Å²) in [5.41, 5.74) is 2.14. The highest BCUT2D eigenvalue weighted by Gasteiger charge is 2.19. The second-order valence-corrected chi connectivity index (χ2v) is 3.39. The van der Waals surface area contributed by atoms with Gasteiger partial charge >= 0.3 is 0 Å². The number of nitrogens with zero attached hydrogens (tertiary/aromatic N) is 2. The summed E-state index contributed by atoms with van der Waals surface area (Å²) < 4.78 is 0. The third-order valence-corrected chi connectivity index (χ3v) is 2.51. The minimum Gasteiger partial charge on any atom is -0.395 e. The molecule has 1 aromatic carbocycles. The zero-order valence-corrected chi connectivity index (χ0v) is 11.7. The fourth-order valence-electron chi connectivity index (χ4n) is 1.80. The molecule has 0 amide bonds. The van der Waals surface area contributed by atoms with E-state index in [0.29, 0.717) is 6.54 Å². The predicted octanol–water partition coefficient (Wildman–Crippen LogP) is 1.44. The Bertz CT molecular complexity index is 327. The van der Waals surface area contributed by atoms with Gasteiger partial charge in [-0.05, 0) is 12.1 Å². The van der Waals surface area contributed by atoms with Crippen LogP contribution < -0.4 is 15.8 Å². The van der Waals surface area contributed by atoms with Crippen LogP contribution in [0.3, 0.4) is 0 Å². The number of benzene rings is 1. The van der Waals surface area contributed by atoms with Gasteiger partial charge in [0.15, 0.2) is 0 Å². The number of aliphatic hydroxyl groups is 1. The summed E-state index contributed by atoms with van der Waals surface area (Å²) in [5, 5.41) is 10.7. The number of halogens is 3. The first kappa shape index (κ1) is 19.0. The summed E-state index contributed by atoms with van der Waals surface area (Å²) >= 11 is 0. The molecular formula is C10H18Cl3N3O. The van der Waals surface area contributed by atoms with E-state index in [1.807, 2.05) is 24.3 Å².